The molecule has 1 aromatic rings. The zero-order chi connectivity index (χ0) is 12.8. The third kappa shape index (κ3) is 3.61. The van der Waals surface area contributed by atoms with Crippen molar-refractivity contribution in [2.24, 2.45) is 0 Å². The maximum atomic E-state index is 10.2. The fourth-order valence-corrected chi connectivity index (χ4v) is 1.77. The maximum absolute atomic E-state index is 10.2. The minimum atomic E-state index is -0.682. The summed E-state index contributed by atoms with van der Waals surface area (Å²) in [6, 6.07) is 4.37. The molecule has 4 nitrogen and oxygen atoms in total. The van der Waals surface area contributed by atoms with E-state index in [1.54, 1.807) is 6.07 Å². The molecule has 4 N–H and O–H groups in total. The van der Waals surface area contributed by atoms with Gasteiger partial charge in [-0.1, -0.05) is 19.9 Å². The predicted octanol–water partition coefficient (Wildman–Crippen LogP) is 1.91. The molecule has 0 heterocycles. The summed E-state index contributed by atoms with van der Waals surface area (Å²) >= 11 is 0. The van der Waals surface area contributed by atoms with E-state index < -0.39 is 6.10 Å². The van der Waals surface area contributed by atoms with Crippen LogP contribution >= 0.6 is 0 Å². The van der Waals surface area contributed by atoms with E-state index in [0.29, 0.717) is 5.56 Å². The maximum Gasteiger partial charge on any atom is 0.157 e. The van der Waals surface area contributed by atoms with Gasteiger partial charge < -0.3 is 20.6 Å². The molecular formula is C13H21NO3. The topological polar surface area (TPSA) is 72.7 Å². The first-order chi connectivity index (χ1) is 8.10. The summed E-state index contributed by atoms with van der Waals surface area (Å²) < 4.78 is 0. The molecule has 0 amide bonds. The third-order valence-corrected chi connectivity index (χ3v) is 2.82. The van der Waals surface area contributed by atoms with Crippen LogP contribution in [0.2, 0.25) is 0 Å². The predicted molar refractivity (Wildman–Crippen MR) is 67.1 cm³/mol. The lowest BCUT2D eigenvalue weighted by atomic mass is 9.99. The van der Waals surface area contributed by atoms with Crippen molar-refractivity contribution in [3.8, 4) is 11.5 Å². The summed E-state index contributed by atoms with van der Waals surface area (Å²) in [7, 11) is 0. The number of hydrogen-bond donors (Lipinski definition) is 4. The van der Waals surface area contributed by atoms with Crippen molar-refractivity contribution < 1.29 is 15.3 Å². The van der Waals surface area contributed by atoms with Gasteiger partial charge in [0.15, 0.2) is 11.5 Å². The number of aliphatic hydroxyl groups excluding tert-OH is 1. The number of benzene rings is 1. The molecule has 0 aromatic heterocycles. The Bertz CT molecular complexity index is 355. The van der Waals surface area contributed by atoms with Gasteiger partial charge in [-0.05, 0) is 37.1 Å². The van der Waals surface area contributed by atoms with E-state index in [1.807, 2.05) is 6.92 Å². The van der Waals surface area contributed by atoms with Crippen molar-refractivity contribution in [1.29, 1.82) is 0 Å². The first-order valence-electron chi connectivity index (χ1n) is 6.03. The van der Waals surface area contributed by atoms with Crippen molar-refractivity contribution in [2.75, 3.05) is 6.54 Å². The molecule has 1 rings (SSSR count). The second kappa shape index (κ2) is 6.47. The van der Waals surface area contributed by atoms with Crippen molar-refractivity contribution in [2.45, 2.75) is 38.8 Å². The lowest BCUT2D eigenvalue weighted by Gasteiger charge is -2.23. The zero-order valence-electron chi connectivity index (χ0n) is 10.3. The highest BCUT2D eigenvalue weighted by atomic mass is 16.3. The van der Waals surface area contributed by atoms with Crippen molar-refractivity contribution >= 4 is 0 Å². The van der Waals surface area contributed by atoms with Gasteiger partial charge in [0.2, 0.25) is 0 Å². The van der Waals surface area contributed by atoms with Gasteiger partial charge >= 0.3 is 0 Å². The SMILES string of the molecule is CCCNC(CC)C(O)c1ccc(O)c(O)c1. The quantitative estimate of drug-likeness (QED) is 0.572. The van der Waals surface area contributed by atoms with Gasteiger partial charge in [-0.25, -0.2) is 0 Å². The first-order valence-corrected chi connectivity index (χ1v) is 6.03. The van der Waals surface area contributed by atoms with Crippen LogP contribution in [-0.2, 0) is 0 Å². The Balaban J connectivity index is 2.78. The van der Waals surface area contributed by atoms with Crippen LogP contribution < -0.4 is 5.32 Å². The highest BCUT2D eigenvalue weighted by Gasteiger charge is 2.19. The average molecular weight is 239 g/mol. The molecule has 0 saturated heterocycles. The van der Waals surface area contributed by atoms with Gasteiger partial charge in [0, 0.05) is 6.04 Å². The second-order valence-electron chi connectivity index (χ2n) is 4.16. The Hall–Kier alpha value is -1.26. The number of rotatable bonds is 6. The lowest BCUT2D eigenvalue weighted by molar-refractivity contribution is 0.126. The van der Waals surface area contributed by atoms with E-state index >= 15 is 0 Å². The van der Waals surface area contributed by atoms with Gasteiger partial charge in [-0.15, -0.1) is 0 Å². The molecule has 2 atom stereocenters. The van der Waals surface area contributed by atoms with Gasteiger partial charge in [0.1, 0.15) is 0 Å². The van der Waals surface area contributed by atoms with Gasteiger partial charge in [-0.2, -0.15) is 0 Å². The fourth-order valence-electron chi connectivity index (χ4n) is 1.77. The molecule has 0 aliphatic heterocycles. The first kappa shape index (κ1) is 13.8. The van der Waals surface area contributed by atoms with Gasteiger partial charge in [-0.3, -0.25) is 0 Å². The van der Waals surface area contributed by atoms with E-state index in [4.69, 9.17) is 0 Å². The summed E-state index contributed by atoms with van der Waals surface area (Å²) in [5.41, 5.74) is 0.607. The van der Waals surface area contributed by atoms with Crippen molar-refractivity contribution in [3.05, 3.63) is 23.8 Å². The normalized spacial score (nSPS) is 14.5. The third-order valence-electron chi connectivity index (χ3n) is 2.82. The van der Waals surface area contributed by atoms with Crippen LogP contribution in [0.4, 0.5) is 0 Å². The number of phenols is 2. The number of phenolic OH excluding ortho intramolecular Hbond substituents is 2. The molecule has 0 bridgehead atoms. The molecule has 4 heteroatoms. The van der Waals surface area contributed by atoms with Crippen LogP contribution in [0.3, 0.4) is 0 Å². The highest BCUT2D eigenvalue weighted by Crippen LogP contribution is 2.29. The molecule has 17 heavy (non-hydrogen) atoms. The van der Waals surface area contributed by atoms with Crippen molar-refractivity contribution in [1.82, 2.24) is 5.32 Å². The standard InChI is InChI=1S/C13H21NO3/c1-3-7-14-10(4-2)13(17)9-5-6-11(15)12(16)8-9/h5-6,8,10,13-17H,3-4,7H2,1-2H3. The molecule has 2 unspecified atom stereocenters. The van der Waals surface area contributed by atoms with Crippen LogP contribution in [0.15, 0.2) is 18.2 Å². The lowest BCUT2D eigenvalue weighted by Crippen LogP contribution is -2.34. The Kier molecular flexibility index (Phi) is 5.25. The molecule has 0 aliphatic rings. The molecule has 0 saturated carbocycles. The van der Waals surface area contributed by atoms with Crippen LogP contribution in [0.25, 0.3) is 0 Å². The number of nitrogens with one attached hydrogen (secondary N) is 1. The summed E-state index contributed by atoms with van der Waals surface area (Å²) in [5.74, 6) is -0.373. The summed E-state index contributed by atoms with van der Waals surface area (Å²) in [5, 5.41) is 32.0. The minimum absolute atomic E-state index is 0.0427. The summed E-state index contributed by atoms with van der Waals surface area (Å²) in [6.45, 7) is 4.91. The largest absolute Gasteiger partial charge is 0.504 e. The summed E-state index contributed by atoms with van der Waals surface area (Å²) in [6.07, 6.45) is 1.12. The van der Waals surface area contributed by atoms with Gasteiger partial charge in [0.05, 0.1) is 6.10 Å². The molecule has 96 valence electrons. The monoisotopic (exact) mass is 239 g/mol. The fraction of sp³-hybridized carbons (Fsp3) is 0.538. The molecule has 1 aromatic carbocycles. The molecule has 0 fully saturated rings. The molecule has 0 radical (unpaired) electrons. The van der Waals surface area contributed by atoms with Gasteiger partial charge in [0.25, 0.3) is 0 Å². The van der Waals surface area contributed by atoms with Crippen LogP contribution in [0.5, 0.6) is 11.5 Å². The van der Waals surface area contributed by atoms with Crippen LogP contribution in [-0.4, -0.2) is 27.9 Å². The number of hydrogen-bond acceptors (Lipinski definition) is 4. The Labute approximate surface area is 102 Å². The molecular weight excluding hydrogens is 218 g/mol. The van der Waals surface area contributed by atoms with Crippen LogP contribution in [0.1, 0.15) is 38.4 Å². The van der Waals surface area contributed by atoms with E-state index in [9.17, 15) is 15.3 Å². The second-order valence-corrected chi connectivity index (χ2v) is 4.16. The van der Waals surface area contributed by atoms with E-state index in [1.165, 1.54) is 12.1 Å². The molecule has 0 aliphatic carbocycles. The van der Waals surface area contributed by atoms with Crippen molar-refractivity contribution in [3.63, 3.8) is 0 Å². The molecule has 0 spiro atoms. The van der Waals surface area contributed by atoms with E-state index in [2.05, 4.69) is 12.2 Å². The number of aliphatic hydroxyl groups is 1. The van der Waals surface area contributed by atoms with Crippen LogP contribution in [0, 0.1) is 0 Å². The Morgan fingerprint density at radius 3 is 2.41 bits per heavy atom. The minimum Gasteiger partial charge on any atom is -0.504 e. The Morgan fingerprint density at radius 2 is 1.88 bits per heavy atom. The highest BCUT2D eigenvalue weighted by molar-refractivity contribution is 5.41. The van der Waals surface area contributed by atoms with E-state index in [0.717, 1.165) is 19.4 Å². The van der Waals surface area contributed by atoms with E-state index in [-0.39, 0.29) is 17.5 Å². The number of aromatic hydroxyl groups is 2. The zero-order valence-corrected chi connectivity index (χ0v) is 10.3. The Morgan fingerprint density at radius 1 is 1.18 bits per heavy atom. The smallest absolute Gasteiger partial charge is 0.157 e. The average Bonchev–Trinajstić information content (AvgIpc) is 2.33. The summed E-state index contributed by atoms with van der Waals surface area (Å²) in [4.78, 5) is 0.